The SMILES string of the molecule is CC1(C)CCSCC1(O)c1c(F)ccc(Br)c1F. The third-order valence-corrected chi connectivity index (χ3v) is 5.49. The lowest BCUT2D eigenvalue weighted by atomic mass is 9.69. The van der Waals surface area contributed by atoms with E-state index in [1.807, 2.05) is 13.8 Å². The van der Waals surface area contributed by atoms with Crippen LogP contribution in [0.2, 0.25) is 0 Å². The zero-order valence-electron chi connectivity index (χ0n) is 10.3. The van der Waals surface area contributed by atoms with Gasteiger partial charge in [-0.05, 0) is 45.7 Å². The zero-order valence-corrected chi connectivity index (χ0v) is 12.7. The van der Waals surface area contributed by atoms with Crippen molar-refractivity contribution >= 4 is 27.7 Å². The highest BCUT2D eigenvalue weighted by Crippen LogP contribution is 2.50. The molecule has 5 heteroatoms. The first-order valence-corrected chi connectivity index (χ1v) is 7.68. The van der Waals surface area contributed by atoms with Crippen molar-refractivity contribution in [3.8, 4) is 0 Å². The molecule has 18 heavy (non-hydrogen) atoms. The molecule has 1 fully saturated rings. The normalized spacial score (nSPS) is 27.2. The average Bonchev–Trinajstić information content (AvgIpc) is 2.28. The van der Waals surface area contributed by atoms with Gasteiger partial charge in [-0.25, -0.2) is 8.78 Å². The number of rotatable bonds is 1. The van der Waals surface area contributed by atoms with Gasteiger partial charge in [-0.2, -0.15) is 11.8 Å². The predicted octanol–water partition coefficient (Wildman–Crippen LogP) is 4.08. The molecular formula is C13H15BrF2OS. The van der Waals surface area contributed by atoms with Gasteiger partial charge in [0.2, 0.25) is 0 Å². The fourth-order valence-electron chi connectivity index (χ4n) is 2.27. The van der Waals surface area contributed by atoms with E-state index in [0.717, 1.165) is 12.2 Å². The van der Waals surface area contributed by atoms with Crippen molar-refractivity contribution in [2.75, 3.05) is 11.5 Å². The maximum Gasteiger partial charge on any atom is 0.146 e. The van der Waals surface area contributed by atoms with Gasteiger partial charge in [0.25, 0.3) is 0 Å². The van der Waals surface area contributed by atoms with E-state index in [9.17, 15) is 13.9 Å². The molecule has 1 unspecified atom stereocenters. The summed E-state index contributed by atoms with van der Waals surface area (Å²) in [4.78, 5) is 0. The molecule has 1 saturated heterocycles. The molecule has 2 rings (SSSR count). The number of benzene rings is 1. The van der Waals surface area contributed by atoms with Gasteiger partial charge in [-0.3, -0.25) is 0 Å². The van der Waals surface area contributed by atoms with E-state index < -0.39 is 22.7 Å². The second-order valence-electron chi connectivity index (χ2n) is 5.26. The standard InChI is InChI=1S/C13H15BrF2OS/c1-12(2)5-6-18-7-13(12,17)10-9(15)4-3-8(14)11(10)16/h3-4,17H,5-7H2,1-2H3. The van der Waals surface area contributed by atoms with Crippen LogP contribution in [-0.4, -0.2) is 16.6 Å². The monoisotopic (exact) mass is 336 g/mol. The van der Waals surface area contributed by atoms with Crippen LogP contribution < -0.4 is 0 Å². The molecule has 0 spiro atoms. The van der Waals surface area contributed by atoms with Crippen molar-refractivity contribution in [1.29, 1.82) is 0 Å². The molecule has 1 heterocycles. The van der Waals surface area contributed by atoms with E-state index in [-0.39, 0.29) is 10.0 Å². The maximum absolute atomic E-state index is 14.2. The molecule has 1 atom stereocenters. The highest BCUT2D eigenvalue weighted by Gasteiger charge is 2.50. The van der Waals surface area contributed by atoms with Gasteiger partial charge >= 0.3 is 0 Å². The predicted molar refractivity (Wildman–Crippen MR) is 73.7 cm³/mol. The van der Waals surface area contributed by atoms with Crippen LogP contribution in [0.3, 0.4) is 0 Å². The first kappa shape index (κ1) is 14.3. The van der Waals surface area contributed by atoms with Gasteiger partial charge in [0.1, 0.15) is 17.2 Å². The van der Waals surface area contributed by atoms with E-state index in [1.165, 1.54) is 23.9 Å². The summed E-state index contributed by atoms with van der Waals surface area (Å²) in [6.07, 6.45) is 0.722. The largest absolute Gasteiger partial charge is 0.384 e. The Morgan fingerprint density at radius 2 is 2.00 bits per heavy atom. The van der Waals surface area contributed by atoms with Crippen molar-refractivity contribution in [2.45, 2.75) is 25.9 Å². The van der Waals surface area contributed by atoms with Gasteiger partial charge in [0.15, 0.2) is 0 Å². The minimum atomic E-state index is -1.48. The lowest BCUT2D eigenvalue weighted by molar-refractivity contribution is -0.0631. The molecule has 1 aliphatic heterocycles. The third-order valence-electron chi connectivity index (χ3n) is 3.76. The Bertz CT molecular complexity index is 478. The first-order chi connectivity index (χ1) is 8.29. The number of hydrogen-bond acceptors (Lipinski definition) is 2. The maximum atomic E-state index is 14.2. The smallest absolute Gasteiger partial charge is 0.146 e. The Morgan fingerprint density at radius 3 is 2.61 bits per heavy atom. The quantitative estimate of drug-likeness (QED) is 0.780. The number of hydrogen-bond donors (Lipinski definition) is 1. The molecular weight excluding hydrogens is 322 g/mol. The molecule has 1 aliphatic rings. The summed E-state index contributed by atoms with van der Waals surface area (Å²) in [5.74, 6) is -0.182. The summed E-state index contributed by atoms with van der Waals surface area (Å²) in [5.41, 5.74) is -2.25. The fourth-order valence-corrected chi connectivity index (χ4v) is 4.23. The Hall–Kier alpha value is -0.130. The summed E-state index contributed by atoms with van der Waals surface area (Å²) in [5, 5.41) is 10.8. The molecule has 0 aromatic heterocycles. The van der Waals surface area contributed by atoms with Gasteiger partial charge in [-0.1, -0.05) is 13.8 Å². The molecule has 0 bridgehead atoms. The minimum Gasteiger partial charge on any atom is -0.384 e. The van der Waals surface area contributed by atoms with Gasteiger partial charge in [-0.15, -0.1) is 0 Å². The molecule has 1 nitrogen and oxygen atoms in total. The number of thioether (sulfide) groups is 1. The van der Waals surface area contributed by atoms with Crippen LogP contribution in [0.15, 0.2) is 16.6 Å². The molecule has 0 saturated carbocycles. The lowest BCUT2D eigenvalue weighted by Gasteiger charge is -2.46. The zero-order chi connectivity index (χ0) is 13.6. The Labute approximate surface area is 118 Å². The second kappa shape index (κ2) is 4.76. The Morgan fingerprint density at radius 1 is 1.33 bits per heavy atom. The summed E-state index contributed by atoms with van der Waals surface area (Å²) < 4.78 is 28.3. The van der Waals surface area contributed by atoms with Crippen LogP contribution in [0.5, 0.6) is 0 Å². The van der Waals surface area contributed by atoms with Gasteiger partial charge < -0.3 is 5.11 Å². The molecule has 0 radical (unpaired) electrons. The third kappa shape index (κ3) is 2.10. The molecule has 1 aromatic rings. The van der Waals surface area contributed by atoms with Crippen molar-refractivity contribution in [2.24, 2.45) is 5.41 Å². The summed E-state index contributed by atoms with van der Waals surface area (Å²) in [6, 6.07) is 2.51. The molecule has 1 N–H and O–H groups in total. The Kier molecular flexibility index (Phi) is 3.78. The number of aliphatic hydroxyl groups is 1. The molecule has 0 amide bonds. The van der Waals surface area contributed by atoms with E-state index in [1.54, 1.807) is 0 Å². The van der Waals surface area contributed by atoms with Crippen LogP contribution in [0, 0.1) is 17.0 Å². The van der Waals surface area contributed by atoms with Crippen molar-refractivity contribution in [3.63, 3.8) is 0 Å². The van der Waals surface area contributed by atoms with E-state index in [4.69, 9.17) is 0 Å². The number of halogens is 3. The topological polar surface area (TPSA) is 20.2 Å². The van der Waals surface area contributed by atoms with Crippen molar-refractivity contribution in [1.82, 2.24) is 0 Å². The lowest BCUT2D eigenvalue weighted by Crippen LogP contribution is -2.48. The van der Waals surface area contributed by atoms with E-state index in [0.29, 0.717) is 5.75 Å². The van der Waals surface area contributed by atoms with Crippen LogP contribution in [0.4, 0.5) is 8.78 Å². The van der Waals surface area contributed by atoms with Crippen molar-refractivity contribution < 1.29 is 13.9 Å². The van der Waals surface area contributed by atoms with Crippen LogP contribution in [-0.2, 0) is 5.60 Å². The Balaban J connectivity index is 2.63. The van der Waals surface area contributed by atoms with Gasteiger partial charge in [0.05, 0.1) is 10.0 Å². The van der Waals surface area contributed by atoms with Crippen molar-refractivity contribution in [3.05, 3.63) is 33.8 Å². The average molecular weight is 337 g/mol. The van der Waals surface area contributed by atoms with E-state index in [2.05, 4.69) is 15.9 Å². The van der Waals surface area contributed by atoms with Crippen LogP contribution in [0.25, 0.3) is 0 Å². The highest BCUT2D eigenvalue weighted by atomic mass is 79.9. The molecule has 0 aliphatic carbocycles. The first-order valence-electron chi connectivity index (χ1n) is 5.74. The van der Waals surface area contributed by atoms with Crippen LogP contribution in [0.1, 0.15) is 25.8 Å². The van der Waals surface area contributed by atoms with Gasteiger partial charge in [0, 0.05) is 5.75 Å². The summed E-state index contributed by atoms with van der Waals surface area (Å²) in [6.45, 7) is 3.71. The second-order valence-corrected chi connectivity index (χ2v) is 7.22. The molecule has 1 aromatic carbocycles. The highest BCUT2D eigenvalue weighted by molar-refractivity contribution is 9.10. The van der Waals surface area contributed by atoms with E-state index >= 15 is 0 Å². The molecule has 100 valence electrons. The summed E-state index contributed by atoms with van der Waals surface area (Å²) in [7, 11) is 0. The summed E-state index contributed by atoms with van der Waals surface area (Å²) >= 11 is 4.57. The van der Waals surface area contributed by atoms with Crippen LogP contribution >= 0.6 is 27.7 Å². The minimum absolute atomic E-state index is 0.179. The fraction of sp³-hybridized carbons (Fsp3) is 0.538.